The highest BCUT2D eigenvalue weighted by Gasteiger charge is 2.12. The summed E-state index contributed by atoms with van der Waals surface area (Å²) in [5, 5.41) is 10.5. The molecule has 0 aliphatic heterocycles. The standard InChI is InChI=1S/C10H14N4O4/c1-3-13(5-4-9(15)18-2)10-11-6-8(7-12-10)14(16)17/h6-7H,3-5H2,1-2H3. The quantitative estimate of drug-likeness (QED) is 0.420. The molecule has 1 rings (SSSR count). The van der Waals surface area contributed by atoms with Crippen LogP contribution in [-0.2, 0) is 9.53 Å². The molecule has 0 fully saturated rings. The third-order valence-corrected chi connectivity index (χ3v) is 2.31. The van der Waals surface area contributed by atoms with Crippen LogP contribution >= 0.6 is 0 Å². The lowest BCUT2D eigenvalue weighted by Crippen LogP contribution is -2.27. The van der Waals surface area contributed by atoms with Gasteiger partial charge in [-0.05, 0) is 6.92 Å². The molecule has 0 aliphatic rings. The number of rotatable bonds is 6. The first kappa shape index (κ1) is 13.8. The van der Waals surface area contributed by atoms with Gasteiger partial charge in [-0.25, -0.2) is 9.97 Å². The van der Waals surface area contributed by atoms with E-state index in [-0.39, 0.29) is 18.1 Å². The van der Waals surface area contributed by atoms with Crippen molar-refractivity contribution in [3.8, 4) is 0 Å². The molecule has 1 aromatic rings. The Balaban J connectivity index is 2.70. The van der Waals surface area contributed by atoms with E-state index in [1.165, 1.54) is 7.11 Å². The third-order valence-electron chi connectivity index (χ3n) is 2.31. The number of nitro groups is 1. The van der Waals surface area contributed by atoms with Gasteiger partial charge in [0.15, 0.2) is 0 Å². The maximum absolute atomic E-state index is 11.0. The molecule has 8 nitrogen and oxygen atoms in total. The molecule has 0 atom stereocenters. The van der Waals surface area contributed by atoms with Crippen molar-refractivity contribution < 1.29 is 14.5 Å². The topological polar surface area (TPSA) is 98.5 Å². The summed E-state index contributed by atoms with van der Waals surface area (Å²) in [6.07, 6.45) is 2.50. The van der Waals surface area contributed by atoms with Gasteiger partial charge in [-0.15, -0.1) is 0 Å². The fourth-order valence-electron chi connectivity index (χ4n) is 1.30. The van der Waals surface area contributed by atoms with E-state index in [1.807, 2.05) is 6.92 Å². The predicted octanol–water partition coefficient (Wildman–Crippen LogP) is 0.774. The lowest BCUT2D eigenvalue weighted by atomic mass is 10.4. The van der Waals surface area contributed by atoms with Crippen LogP contribution < -0.4 is 4.90 Å². The summed E-state index contributed by atoms with van der Waals surface area (Å²) in [5.74, 6) is 0.0300. The first-order valence-corrected chi connectivity index (χ1v) is 5.36. The molecule has 0 saturated carbocycles. The van der Waals surface area contributed by atoms with Crippen LogP contribution in [0.2, 0.25) is 0 Å². The maximum atomic E-state index is 11.0. The number of carbonyl (C=O) groups excluding carboxylic acids is 1. The number of methoxy groups -OCH3 is 1. The van der Waals surface area contributed by atoms with E-state index in [1.54, 1.807) is 4.90 Å². The summed E-state index contributed by atoms with van der Waals surface area (Å²) < 4.78 is 4.54. The smallest absolute Gasteiger partial charge is 0.307 e. The molecule has 18 heavy (non-hydrogen) atoms. The van der Waals surface area contributed by atoms with E-state index in [0.717, 1.165) is 12.4 Å². The van der Waals surface area contributed by atoms with Crippen molar-refractivity contribution in [2.24, 2.45) is 0 Å². The van der Waals surface area contributed by atoms with E-state index in [9.17, 15) is 14.9 Å². The van der Waals surface area contributed by atoms with Gasteiger partial charge in [0.1, 0.15) is 12.4 Å². The van der Waals surface area contributed by atoms with Gasteiger partial charge >= 0.3 is 11.7 Å². The normalized spacial score (nSPS) is 9.89. The first-order chi connectivity index (χ1) is 8.58. The van der Waals surface area contributed by atoms with Crippen LogP contribution in [0.15, 0.2) is 12.4 Å². The van der Waals surface area contributed by atoms with Crippen LogP contribution in [0.25, 0.3) is 0 Å². The molecule has 0 saturated heterocycles. The lowest BCUT2D eigenvalue weighted by molar-refractivity contribution is -0.385. The van der Waals surface area contributed by atoms with Crippen molar-refractivity contribution in [2.75, 3.05) is 25.1 Å². The highest BCUT2D eigenvalue weighted by atomic mass is 16.6. The molecule has 1 aromatic heterocycles. The van der Waals surface area contributed by atoms with Gasteiger partial charge in [-0.3, -0.25) is 14.9 Å². The van der Waals surface area contributed by atoms with Crippen molar-refractivity contribution in [2.45, 2.75) is 13.3 Å². The highest BCUT2D eigenvalue weighted by molar-refractivity contribution is 5.69. The second kappa shape index (κ2) is 6.48. The first-order valence-electron chi connectivity index (χ1n) is 5.36. The second-order valence-electron chi connectivity index (χ2n) is 3.40. The summed E-state index contributed by atoms with van der Waals surface area (Å²) in [4.78, 5) is 30.5. The molecular formula is C10H14N4O4. The van der Waals surface area contributed by atoms with Crippen LogP contribution in [0.5, 0.6) is 0 Å². The Labute approximate surface area is 104 Å². The zero-order valence-electron chi connectivity index (χ0n) is 10.2. The lowest BCUT2D eigenvalue weighted by Gasteiger charge is -2.19. The Hall–Kier alpha value is -2.25. The van der Waals surface area contributed by atoms with Crippen LogP contribution in [0.4, 0.5) is 11.6 Å². The maximum Gasteiger partial charge on any atom is 0.307 e. The summed E-state index contributed by atoms with van der Waals surface area (Å²) in [5.41, 5.74) is -0.164. The van der Waals surface area contributed by atoms with Crippen LogP contribution in [0.3, 0.4) is 0 Å². The van der Waals surface area contributed by atoms with Crippen molar-refractivity contribution in [1.29, 1.82) is 0 Å². The monoisotopic (exact) mass is 254 g/mol. The average molecular weight is 254 g/mol. The summed E-state index contributed by atoms with van der Waals surface area (Å²) in [6, 6.07) is 0. The fourth-order valence-corrected chi connectivity index (χ4v) is 1.30. The van der Waals surface area contributed by atoms with Crippen LogP contribution in [0, 0.1) is 10.1 Å². The molecule has 0 amide bonds. The van der Waals surface area contributed by atoms with Crippen molar-refractivity contribution in [3.05, 3.63) is 22.5 Å². The molecule has 0 spiro atoms. The number of hydrogen-bond acceptors (Lipinski definition) is 7. The largest absolute Gasteiger partial charge is 0.469 e. The van der Waals surface area contributed by atoms with Crippen LogP contribution in [-0.4, -0.2) is 41.1 Å². The minimum absolute atomic E-state index is 0.164. The van der Waals surface area contributed by atoms with Gasteiger partial charge in [0.25, 0.3) is 0 Å². The second-order valence-corrected chi connectivity index (χ2v) is 3.40. The number of esters is 1. The third kappa shape index (κ3) is 3.65. The summed E-state index contributed by atoms with van der Waals surface area (Å²) >= 11 is 0. The van der Waals surface area contributed by atoms with E-state index in [2.05, 4.69) is 14.7 Å². The van der Waals surface area contributed by atoms with E-state index < -0.39 is 4.92 Å². The Bertz CT molecular complexity index is 420. The minimum atomic E-state index is -0.561. The summed E-state index contributed by atoms with van der Waals surface area (Å²) in [6.45, 7) is 2.87. The molecule has 0 bridgehead atoms. The molecule has 1 heterocycles. The zero-order valence-corrected chi connectivity index (χ0v) is 10.2. The number of ether oxygens (including phenoxy) is 1. The van der Waals surface area contributed by atoms with Gasteiger partial charge in [-0.2, -0.15) is 0 Å². The predicted molar refractivity (Wildman–Crippen MR) is 63.2 cm³/mol. The van der Waals surface area contributed by atoms with Gasteiger partial charge in [0, 0.05) is 13.1 Å². The SMILES string of the molecule is CCN(CCC(=O)OC)c1ncc([N+](=O)[O-])cn1. The van der Waals surface area contributed by atoms with Crippen LogP contribution in [0.1, 0.15) is 13.3 Å². The molecule has 0 unspecified atom stereocenters. The van der Waals surface area contributed by atoms with Gasteiger partial charge in [0.05, 0.1) is 18.5 Å². The van der Waals surface area contributed by atoms with E-state index in [4.69, 9.17) is 0 Å². The number of carbonyl (C=O) groups is 1. The number of nitrogens with zero attached hydrogens (tertiary/aromatic N) is 4. The molecular weight excluding hydrogens is 240 g/mol. The number of anilines is 1. The molecule has 98 valence electrons. The molecule has 0 radical (unpaired) electrons. The minimum Gasteiger partial charge on any atom is -0.469 e. The number of hydrogen-bond donors (Lipinski definition) is 0. The Morgan fingerprint density at radius 3 is 2.56 bits per heavy atom. The van der Waals surface area contributed by atoms with Gasteiger partial charge in [-0.1, -0.05) is 0 Å². The Morgan fingerprint density at radius 1 is 1.50 bits per heavy atom. The molecule has 0 aromatic carbocycles. The van der Waals surface area contributed by atoms with Crippen molar-refractivity contribution in [1.82, 2.24) is 9.97 Å². The highest BCUT2D eigenvalue weighted by Crippen LogP contribution is 2.12. The Kier molecular flexibility index (Phi) is 4.97. The fraction of sp³-hybridized carbons (Fsp3) is 0.500. The van der Waals surface area contributed by atoms with Crippen molar-refractivity contribution >= 4 is 17.6 Å². The molecule has 0 N–H and O–H groups in total. The zero-order chi connectivity index (χ0) is 13.5. The number of aromatic nitrogens is 2. The van der Waals surface area contributed by atoms with E-state index in [0.29, 0.717) is 19.0 Å². The van der Waals surface area contributed by atoms with Gasteiger partial charge in [0.2, 0.25) is 5.95 Å². The molecule has 8 heteroatoms. The average Bonchev–Trinajstić information content (AvgIpc) is 2.39. The molecule has 0 aliphatic carbocycles. The summed E-state index contributed by atoms with van der Waals surface area (Å²) in [7, 11) is 1.32. The Morgan fingerprint density at radius 2 is 2.11 bits per heavy atom. The van der Waals surface area contributed by atoms with Gasteiger partial charge < -0.3 is 9.64 Å². The van der Waals surface area contributed by atoms with E-state index >= 15 is 0 Å². The van der Waals surface area contributed by atoms with Crippen molar-refractivity contribution in [3.63, 3.8) is 0 Å².